The molecule has 0 saturated carbocycles. The van der Waals surface area contributed by atoms with Crippen LogP contribution >= 0.6 is 11.6 Å². The minimum Gasteiger partial charge on any atom is -0.379 e. The van der Waals surface area contributed by atoms with Gasteiger partial charge in [-0.2, -0.15) is 0 Å². The van der Waals surface area contributed by atoms with Crippen LogP contribution in [-0.4, -0.2) is 74.2 Å². The summed E-state index contributed by atoms with van der Waals surface area (Å²) in [5.41, 5.74) is -0.182. The first kappa shape index (κ1) is 18.6. The number of ether oxygens (including phenoxy) is 1. The summed E-state index contributed by atoms with van der Waals surface area (Å²) in [5.74, 6) is -1.04. The standard InChI is InChI=1S/C18H25ClFN3O2/c1-22-7-5-18(6-8-22,23-9-11-25-12-10-23)13-21-17(24)16-14(19)3-2-4-15(16)20/h2-4H,5-13H2,1H3,(H,21,24). The molecule has 2 saturated heterocycles. The molecular weight excluding hydrogens is 345 g/mol. The summed E-state index contributed by atoms with van der Waals surface area (Å²) >= 11 is 6.01. The van der Waals surface area contributed by atoms with Gasteiger partial charge in [0.25, 0.3) is 5.91 Å². The second-order valence-corrected chi connectivity index (χ2v) is 7.31. The molecule has 2 aliphatic heterocycles. The van der Waals surface area contributed by atoms with E-state index in [-0.39, 0.29) is 16.1 Å². The lowest BCUT2D eigenvalue weighted by Gasteiger charge is -2.49. The third-order valence-electron chi connectivity index (χ3n) is 5.37. The first-order chi connectivity index (χ1) is 12.0. The van der Waals surface area contributed by atoms with Crippen molar-refractivity contribution in [1.82, 2.24) is 15.1 Å². The number of nitrogens with one attached hydrogen (secondary N) is 1. The highest BCUT2D eigenvalue weighted by Crippen LogP contribution is 2.29. The maximum atomic E-state index is 14.0. The zero-order valence-electron chi connectivity index (χ0n) is 14.6. The van der Waals surface area contributed by atoms with Gasteiger partial charge >= 0.3 is 0 Å². The Morgan fingerprint density at radius 2 is 1.96 bits per heavy atom. The minimum atomic E-state index is -0.589. The van der Waals surface area contributed by atoms with Gasteiger partial charge in [0.05, 0.1) is 23.8 Å². The molecule has 1 aromatic carbocycles. The van der Waals surface area contributed by atoms with Gasteiger partial charge in [-0.15, -0.1) is 0 Å². The summed E-state index contributed by atoms with van der Waals surface area (Å²) in [7, 11) is 2.11. The summed E-state index contributed by atoms with van der Waals surface area (Å²) in [6.45, 7) is 5.60. The number of carbonyl (C=O) groups excluding carboxylic acids is 1. The van der Waals surface area contributed by atoms with Gasteiger partial charge in [-0.3, -0.25) is 9.69 Å². The van der Waals surface area contributed by atoms with Crippen molar-refractivity contribution in [1.29, 1.82) is 0 Å². The molecule has 5 nitrogen and oxygen atoms in total. The molecule has 0 spiro atoms. The molecule has 0 unspecified atom stereocenters. The van der Waals surface area contributed by atoms with Crippen LogP contribution in [0.25, 0.3) is 0 Å². The normalized spacial score (nSPS) is 21.9. The van der Waals surface area contributed by atoms with E-state index in [0.717, 1.165) is 39.0 Å². The van der Waals surface area contributed by atoms with Crippen molar-refractivity contribution in [2.75, 3.05) is 53.0 Å². The van der Waals surface area contributed by atoms with Gasteiger partial charge in [-0.25, -0.2) is 4.39 Å². The fourth-order valence-electron chi connectivity index (χ4n) is 3.73. The number of morpholine rings is 1. The molecule has 0 atom stereocenters. The van der Waals surface area contributed by atoms with Crippen LogP contribution in [0.5, 0.6) is 0 Å². The van der Waals surface area contributed by atoms with Crippen LogP contribution in [-0.2, 0) is 4.74 Å². The number of hydrogen-bond donors (Lipinski definition) is 1. The molecule has 0 aliphatic carbocycles. The predicted molar refractivity (Wildman–Crippen MR) is 95.6 cm³/mol. The van der Waals surface area contributed by atoms with Crippen LogP contribution in [0.1, 0.15) is 23.2 Å². The smallest absolute Gasteiger partial charge is 0.255 e. The van der Waals surface area contributed by atoms with E-state index >= 15 is 0 Å². The van der Waals surface area contributed by atoms with Gasteiger partial charge in [-0.05, 0) is 45.1 Å². The summed E-state index contributed by atoms with van der Waals surface area (Å²) in [6.07, 6.45) is 1.93. The summed E-state index contributed by atoms with van der Waals surface area (Å²) in [5, 5.41) is 3.08. The van der Waals surface area contributed by atoms with Crippen LogP contribution < -0.4 is 5.32 Å². The third-order valence-corrected chi connectivity index (χ3v) is 5.68. The average molecular weight is 370 g/mol. The second-order valence-electron chi connectivity index (χ2n) is 6.91. The van der Waals surface area contributed by atoms with Crippen molar-refractivity contribution in [3.63, 3.8) is 0 Å². The van der Waals surface area contributed by atoms with E-state index in [1.165, 1.54) is 18.2 Å². The molecular formula is C18H25ClFN3O2. The Kier molecular flexibility index (Phi) is 5.94. The monoisotopic (exact) mass is 369 g/mol. The maximum absolute atomic E-state index is 14.0. The van der Waals surface area contributed by atoms with Crippen LogP contribution in [0.4, 0.5) is 4.39 Å². The molecule has 25 heavy (non-hydrogen) atoms. The van der Waals surface area contributed by atoms with Gasteiger partial charge in [-0.1, -0.05) is 17.7 Å². The average Bonchev–Trinajstić information content (AvgIpc) is 2.62. The Labute approximate surface area is 153 Å². The molecule has 138 valence electrons. The lowest BCUT2D eigenvalue weighted by Crippen LogP contribution is -2.62. The molecule has 0 aromatic heterocycles. The number of carbonyl (C=O) groups is 1. The molecule has 2 fully saturated rings. The van der Waals surface area contributed by atoms with Crippen LogP contribution in [0.2, 0.25) is 5.02 Å². The van der Waals surface area contributed by atoms with E-state index in [1.807, 2.05) is 0 Å². The third kappa shape index (κ3) is 4.14. The Bertz CT molecular complexity index is 594. The highest BCUT2D eigenvalue weighted by molar-refractivity contribution is 6.33. The Balaban J connectivity index is 1.73. The van der Waals surface area contributed by atoms with Crippen molar-refractivity contribution >= 4 is 17.5 Å². The zero-order valence-corrected chi connectivity index (χ0v) is 15.3. The molecule has 2 aliphatic rings. The molecule has 1 aromatic rings. The van der Waals surface area contributed by atoms with Crippen molar-refractivity contribution in [3.05, 3.63) is 34.6 Å². The number of halogens is 2. The minimum absolute atomic E-state index is 0.0748. The highest BCUT2D eigenvalue weighted by atomic mass is 35.5. The number of amides is 1. The van der Waals surface area contributed by atoms with Crippen molar-refractivity contribution < 1.29 is 13.9 Å². The Hall–Kier alpha value is -1.21. The van der Waals surface area contributed by atoms with E-state index < -0.39 is 11.7 Å². The van der Waals surface area contributed by atoms with Gasteiger partial charge in [0.15, 0.2) is 0 Å². The van der Waals surface area contributed by atoms with E-state index in [9.17, 15) is 9.18 Å². The van der Waals surface area contributed by atoms with E-state index in [2.05, 4.69) is 22.2 Å². The molecule has 7 heteroatoms. The first-order valence-corrected chi connectivity index (χ1v) is 9.13. The second kappa shape index (κ2) is 7.99. The van der Waals surface area contributed by atoms with Crippen LogP contribution in [0.15, 0.2) is 18.2 Å². The molecule has 2 heterocycles. The summed E-state index contributed by atoms with van der Waals surface area (Å²) < 4.78 is 19.5. The topological polar surface area (TPSA) is 44.8 Å². The molecule has 1 amide bonds. The van der Waals surface area contributed by atoms with Gasteiger partial charge in [0.2, 0.25) is 0 Å². The number of piperidine rings is 1. The predicted octanol–water partition coefficient (Wildman–Crippen LogP) is 2.01. The van der Waals surface area contributed by atoms with Crippen molar-refractivity contribution in [3.8, 4) is 0 Å². The SMILES string of the molecule is CN1CCC(CNC(=O)c2c(F)cccc2Cl)(N2CCOCC2)CC1. The molecule has 1 N–H and O–H groups in total. The van der Waals surface area contributed by atoms with Crippen molar-refractivity contribution in [2.45, 2.75) is 18.4 Å². The maximum Gasteiger partial charge on any atom is 0.255 e. The lowest BCUT2D eigenvalue weighted by atomic mass is 9.85. The largest absolute Gasteiger partial charge is 0.379 e. The van der Waals surface area contributed by atoms with E-state index in [0.29, 0.717) is 19.8 Å². The first-order valence-electron chi connectivity index (χ1n) is 8.75. The number of likely N-dealkylation sites (tertiary alicyclic amines) is 1. The van der Waals surface area contributed by atoms with Gasteiger partial charge < -0.3 is 15.0 Å². The van der Waals surface area contributed by atoms with Gasteiger partial charge in [0.1, 0.15) is 5.82 Å². The van der Waals surface area contributed by atoms with E-state index in [4.69, 9.17) is 16.3 Å². The Morgan fingerprint density at radius 3 is 2.60 bits per heavy atom. The van der Waals surface area contributed by atoms with Crippen molar-refractivity contribution in [2.24, 2.45) is 0 Å². The highest BCUT2D eigenvalue weighted by Gasteiger charge is 2.40. The number of benzene rings is 1. The van der Waals surface area contributed by atoms with Gasteiger partial charge in [0, 0.05) is 25.2 Å². The molecule has 3 rings (SSSR count). The van der Waals surface area contributed by atoms with Crippen LogP contribution in [0, 0.1) is 5.82 Å². The molecule has 0 bridgehead atoms. The van der Waals surface area contributed by atoms with Crippen LogP contribution in [0.3, 0.4) is 0 Å². The Morgan fingerprint density at radius 1 is 1.28 bits per heavy atom. The zero-order chi connectivity index (χ0) is 17.9. The number of rotatable bonds is 4. The summed E-state index contributed by atoms with van der Waals surface area (Å²) in [6, 6.07) is 4.29. The van der Waals surface area contributed by atoms with E-state index in [1.54, 1.807) is 0 Å². The molecule has 0 radical (unpaired) electrons. The summed E-state index contributed by atoms with van der Waals surface area (Å²) in [4.78, 5) is 17.3. The fourth-order valence-corrected chi connectivity index (χ4v) is 3.97. The fraction of sp³-hybridized carbons (Fsp3) is 0.611. The quantitative estimate of drug-likeness (QED) is 0.881. The lowest BCUT2D eigenvalue weighted by molar-refractivity contribution is -0.0439. The number of nitrogens with zero attached hydrogens (tertiary/aromatic N) is 2. The number of hydrogen-bond acceptors (Lipinski definition) is 4.